The van der Waals surface area contributed by atoms with Crippen molar-refractivity contribution in [3.63, 3.8) is 0 Å². The first-order valence-electron chi connectivity index (χ1n) is 7.15. The van der Waals surface area contributed by atoms with Crippen LogP contribution in [0.4, 0.5) is 0 Å². The number of rotatable bonds is 2. The Bertz CT molecular complexity index is 223. The SMILES string of the molecule is C1COC(CC2CCC3CCCC2C3)OC1. The van der Waals surface area contributed by atoms with Crippen molar-refractivity contribution in [3.8, 4) is 0 Å². The predicted molar refractivity (Wildman–Crippen MR) is 63.1 cm³/mol. The van der Waals surface area contributed by atoms with Gasteiger partial charge in [0.25, 0.3) is 0 Å². The topological polar surface area (TPSA) is 18.5 Å². The number of fused-ring (bicyclic) bond motifs is 2. The van der Waals surface area contributed by atoms with Crippen molar-refractivity contribution >= 4 is 0 Å². The Hall–Kier alpha value is -0.0800. The maximum atomic E-state index is 5.70. The Morgan fingerprint density at radius 2 is 1.75 bits per heavy atom. The average molecular weight is 224 g/mol. The fourth-order valence-corrected chi connectivity index (χ4v) is 3.94. The summed E-state index contributed by atoms with van der Waals surface area (Å²) >= 11 is 0. The summed E-state index contributed by atoms with van der Waals surface area (Å²) in [5.74, 6) is 2.93. The van der Waals surface area contributed by atoms with Gasteiger partial charge in [0, 0.05) is 6.42 Å². The minimum atomic E-state index is 0.122. The third-order valence-corrected chi connectivity index (χ3v) is 4.83. The van der Waals surface area contributed by atoms with Gasteiger partial charge in [-0.3, -0.25) is 0 Å². The lowest BCUT2D eigenvalue weighted by molar-refractivity contribution is -0.191. The number of ether oxygens (including phenoxy) is 2. The molecule has 3 atom stereocenters. The summed E-state index contributed by atoms with van der Waals surface area (Å²) in [6, 6.07) is 0. The molecule has 3 rings (SSSR count). The first-order chi connectivity index (χ1) is 7.92. The van der Waals surface area contributed by atoms with E-state index in [4.69, 9.17) is 9.47 Å². The Morgan fingerprint density at radius 1 is 0.875 bits per heavy atom. The summed E-state index contributed by atoms with van der Waals surface area (Å²) in [5.41, 5.74) is 0. The summed E-state index contributed by atoms with van der Waals surface area (Å²) in [7, 11) is 0. The van der Waals surface area contributed by atoms with Gasteiger partial charge < -0.3 is 9.47 Å². The van der Waals surface area contributed by atoms with Crippen LogP contribution in [0.2, 0.25) is 0 Å². The van der Waals surface area contributed by atoms with Gasteiger partial charge in [0.2, 0.25) is 0 Å². The zero-order valence-electron chi connectivity index (χ0n) is 10.2. The summed E-state index contributed by atoms with van der Waals surface area (Å²) < 4.78 is 11.4. The maximum Gasteiger partial charge on any atom is 0.157 e. The normalized spacial score (nSPS) is 40.9. The highest BCUT2D eigenvalue weighted by molar-refractivity contribution is 4.84. The van der Waals surface area contributed by atoms with Crippen LogP contribution in [0, 0.1) is 17.8 Å². The van der Waals surface area contributed by atoms with Crippen molar-refractivity contribution in [3.05, 3.63) is 0 Å². The monoisotopic (exact) mass is 224 g/mol. The second-order valence-corrected chi connectivity index (χ2v) is 5.89. The molecule has 0 aromatic heterocycles. The first kappa shape index (κ1) is 11.0. The van der Waals surface area contributed by atoms with Gasteiger partial charge in [0.05, 0.1) is 13.2 Å². The highest BCUT2D eigenvalue weighted by Gasteiger charge is 2.35. The van der Waals surface area contributed by atoms with Crippen LogP contribution in [0.15, 0.2) is 0 Å². The summed E-state index contributed by atoms with van der Waals surface area (Å²) in [4.78, 5) is 0. The summed E-state index contributed by atoms with van der Waals surface area (Å²) in [5, 5.41) is 0. The van der Waals surface area contributed by atoms with Gasteiger partial charge in [-0.2, -0.15) is 0 Å². The molecule has 3 fully saturated rings. The Morgan fingerprint density at radius 3 is 2.62 bits per heavy atom. The van der Waals surface area contributed by atoms with Crippen LogP contribution < -0.4 is 0 Å². The molecule has 0 aromatic rings. The molecule has 3 aliphatic rings. The lowest BCUT2D eigenvalue weighted by Crippen LogP contribution is -2.34. The van der Waals surface area contributed by atoms with Gasteiger partial charge in [0.15, 0.2) is 6.29 Å². The molecule has 1 saturated heterocycles. The largest absolute Gasteiger partial charge is 0.353 e. The highest BCUT2D eigenvalue weighted by Crippen LogP contribution is 2.45. The number of hydrogen-bond donors (Lipinski definition) is 0. The van der Waals surface area contributed by atoms with Crippen molar-refractivity contribution in [2.24, 2.45) is 17.8 Å². The molecule has 2 heteroatoms. The lowest BCUT2D eigenvalue weighted by Gasteiger charge is -2.41. The average Bonchev–Trinajstić information content (AvgIpc) is 2.35. The van der Waals surface area contributed by atoms with E-state index in [2.05, 4.69) is 0 Å². The molecule has 16 heavy (non-hydrogen) atoms. The molecule has 1 aliphatic heterocycles. The summed E-state index contributed by atoms with van der Waals surface area (Å²) in [6.07, 6.45) is 11.2. The molecule has 0 N–H and O–H groups in total. The minimum absolute atomic E-state index is 0.122. The van der Waals surface area contributed by atoms with E-state index in [9.17, 15) is 0 Å². The van der Waals surface area contributed by atoms with E-state index in [1.807, 2.05) is 0 Å². The van der Waals surface area contributed by atoms with Gasteiger partial charge in [0.1, 0.15) is 0 Å². The van der Waals surface area contributed by atoms with Gasteiger partial charge in [-0.05, 0) is 37.0 Å². The molecule has 1 heterocycles. The van der Waals surface area contributed by atoms with Crippen molar-refractivity contribution in [1.82, 2.24) is 0 Å². The quantitative estimate of drug-likeness (QED) is 0.716. The molecule has 3 unspecified atom stereocenters. The van der Waals surface area contributed by atoms with Gasteiger partial charge in [-0.25, -0.2) is 0 Å². The van der Waals surface area contributed by atoms with Gasteiger partial charge in [-0.15, -0.1) is 0 Å². The van der Waals surface area contributed by atoms with Crippen LogP contribution in [0.1, 0.15) is 51.4 Å². The zero-order valence-corrected chi connectivity index (χ0v) is 10.2. The van der Waals surface area contributed by atoms with Crippen molar-refractivity contribution in [2.75, 3.05) is 13.2 Å². The molecule has 2 saturated carbocycles. The van der Waals surface area contributed by atoms with Gasteiger partial charge in [-0.1, -0.05) is 25.7 Å². The third-order valence-electron chi connectivity index (χ3n) is 4.83. The smallest absolute Gasteiger partial charge is 0.157 e. The molecule has 2 nitrogen and oxygen atoms in total. The van der Waals surface area contributed by atoms with Crippen molar-refractivity contribution < 1.29 is 9.47 Å². The molecule has 0 spiro atoms. The molecule has 2 aliphatic carbocycles. The fourth-order valence-electron chi connectivity index (χ4n) is 3.94. The fraction of sp³-hybridized carbons (Fsp3) is 1.00. The van der Waals surface area contributed by atoms with Crippen LogP contribution in [0.25, 0.3) is 0 Å². The van der Waals surface area contributed by atoms with E-state index in [-0.39, 0.29) is 6.29 Å². The van der Waals surface area contributed by atoms with E-state index in [0.717, 1.165) is 43.8 Å². The van der Waals surface area contributed by atoms with Crippen molar-refractivity contribution in [2.45, 2.75) is 57.7 Å². The third kappa shape index (κ3) is 2.43. The predicted octanol–water partition coefficient (Wildman–Crippen LogP) is 3.36. The molecule has 0 radical (unpaired) electrons. The van der Waals surface area contributed by atoms with Gasteiger partial charge >= 0.3 is 0 Å². The van der Waals surface area contributed by atoms with E-state index < -0.39 is 0 Å². The van der Waals surface area contributed by atoms with Crippen LogP contribution in [-0.4, -0.2) is 19.5 Å². The molecule has 0 amide bonds. The summed E-state index contributed by atoms with van der Waals surface area (Å²) in [6.45, 7) is 1.81. The maximum absolute atomic E-state index is 5.70. The number of hydrogen-bond acceptors (Lipinski definition) is 2. The second kappa shape index (κ2) is 5.05. The molecule has 92 valence electrons. The Balaban J connectivity index is 1.53. The zero-order chi connectivity index (χ0) is 10.8. The second-order valence-electron chi connectivity index (χ2n) is 5.89. The van der Waals surface area contributed by atoms with Crippen LogP contribution in [-0.2, 0) is 9.47 Å². The minimum Gasteiger partial charge on any atom is -0.353 e. The molecule has 0 aromatic carbocycles. The van der Waals surface area contributed by atoms with Crippen LogP contribution in [0.5, 0.6) is 0 Å². The molecule has 2 bridgehead atoms. The Labute approximate surface area is 98.7 Å². The van der Waals surface area contributed by atoms with E-state index in [1.165, 1.54) is 38.5 Å². The van der Waals surface area contributed by atoms with Crippen LogP contribution in [0.3, 0.4) is 0 Å². The van der Waals surface area contributed by atoms with Crippen molar-refractivity contribution in [1.29, 1.82) is 0 Å². The van der Waals surface area contributed by atoms with E-state index in [0.29, 0.717) is 0 Å². The Kier molecular flexibility index (Phi) is 3.49. The lowest BCUT2D eigenvalue weighted by atomic mass is 9.66. The highest BCUT2D eigenvalue weighted by atomic mass is 16.7. The molecular weight excluding hydrogens is 200 g/mol. The van der Waals surface area contributed by atoms with E-state index in [1.54, 1.807) is 0 Å². The van der Waals surface area contributed by atoms with Crippen LogP contribution >= 0.6 is 0 Å². The standard InChI is InChI=1S/C14H24O2/c1-3-11-5-6-13(12(4-1)9-11)10-14-15-7-2-8-16-14/h11-14H,1-10H2. The first-order valence-corrected chi connectivity index (χ1v) is 7.15. The van der Waals surface area contributed by atoms with E-state index >= 15 is 0 Å². The molecular formula is C14H24O2.